The summed E-state index contributed by atoms with van der Waals surface area (Å²) in [7, 11) is -3.78. The minimum absolute atomic E-state index is 0.243. The highest BCUT2D eigenvalue weighted by Crippen LogP contribution is 2.53. The number of nitrogens with zero attached hydrogens (tertiary/aromatic N) is 1. The first-order valence-electron chi connectivity index (χ1n) is 14.1. The minimum Gasteiger partial charge on any atom is -0.376 e. The third kappa shape index (κ3) is 7.01. The van der Waals surface area contributed by atoms with Gasteiger partial charge in [0.2, 0.25) is 10.0 Å². The molecule has 1 amide bonds. The number of sulfonamides is 1. The van der Waals surface area contributed by atoms with E-state index in [0.717, 1.165) is 62.6 Å². The number of amides is 1. The summed E-state index contributed by atoms with van der Waals surface area (Å²) in [5.74, 6) is -0.920. The number of ether oxygens (including phenoxy) is 1. The molecule has 2 aliphatic carbocycles. The van der Waals surface area contributed by atoms with Crippen molar-refractivity contribution < 1.29 is 22.3 Å². The van der Waals surface area contributed by atoms with Gasteiger partial charge in [0.1, 0.15) is 5.82 Å². The summed E-state index contributed by atoms with van der Waals surface area (Å²) in [6.45, 7) is 5.23. The Bertz CT molecular complexity index is 1350. The van der Waals surface area contributed by atoms with Gasteiger partial charge in [0.15, 0.2) is 0 Å². The van der Waals surface area contributed by atoms with Gasteiger partial charge in [-0.1, -0.05) is 30.1 Å². The average molecular weight is 612 g/mol. The highest BCUT2D eigenvalue weighted by molar-refractivity contribution is 7.89. The van der Waals surface area contributed by atoms with E-state index in [9.17, 15) is 17.6 Å². The fourth-order valence-electron chi connectivity index (χ4n) is 6.74. The summed E-state index contributed by atoms with van der Waals surface area (Å²) in [6, 6.07) is 8.99. The molecular weight excluding hydrogens is 574 g/mol. The van der Waals surface area contributed by atoms with Crippen molar-refractivity contribution in [2.24, 2.45) is 11.3 Å². The molecule has 1 atom stereocenters. The number of rotatable bonds is 10. The Hall–Kier alpha value is -1.71. The molecule has 3 aliphatic rings. The second kappa shape index (κ2) is 11.9. The SMILES string of the molecule is CCC(c1cc(Cl)cc(Cl)c1)N1CCC2(CC1)CC(COCc1cc(F)c(C(=O)NS(C)(=O)=O)cc1C1CC1)C2. The van der Waals surface area contributed by atoms with Gasteiger partial charge in [-0.05, 0) is 122 Å². The van der Waals surface area contributed by atoms with Crippen LogP contribution in [0.3, 0.4) is 0 Å². The molecule has 6 nitrogen and oxygen atoms in total. The first kappa shape index (κ1) is 29.8. The van der Waals surface area contributed by atoms with Crippen molar-refractivity contribution in [2.45, 2.75) is 70.4 Å². The van der Waals surface area contributed by atoms with Crippen molar-refractivity contribution in [2.75, 3.05) is 26.0 Å². The Morgan fingerprint density at radius 2 is 1.77 bits per heavy atom. The maximum Gasteiger partial charge on any atom is 0.267 e. The van der Waals surface area contributed by atoms with Gasteiger partial charge in [0.25, 0.3) is 5.91 Å². The van der Waals surface area contributed by atoms with E-state index in [0.29, 0.717) is 34.0 Å². The summed E-state index contributed by atoms with van der Waals surface area (Å²) in [6.07, 6.45) is 8.45. The second-order valence-electron chi connectivity index (χ2n) is 12.0. The fraction of sp³-hybridized carbons (Fsp3) is 0.567. The predicted molar refractivity (Wildman–Crippen MR) is 156 cm³/mol. The van der Waals surface area contributed by atoms with Gasteiger partial charge < -0.3 is 4.74 Å². The van der Waals surface area contributed by atoms with Crippen molar-refractivity contribution in [3.63, 3.8) is 0 Å². The molecule has 40 heavy (non-hydrogen) atoms. The summed E-state index contributed by atoms with van der Waals surface area (Å²) >= 11 is 12.5. The van der Waals surface area contributed by atoms with Crippen molar-refractivity contribution in [3.05, 3.63) is 68.4 Å². The van der Waals surface area contributed by atoms with E-state index in [1.165, 1.54) is 30.5 Å². The molecular formula is C30H37Cl2FN2O4S. The molecule has 1 saturated heterocycles. The lowest BCUT2D eigenvalue weighted by molar-refractivity contribution is -0.0594. The predicted octanol–water partition coefficient (Wildman–Crippen LogP) is 6.86. The molecule has 1 N–H and O–H groups in total. The molecule has 218 valence electrons. The van der Waals surface area contributed by atoms with Gasteiger partial charge in [-0.2, -0.15) is 0 Å². The Morgan fingerprint density at radius 1 is 1.12 bits per heavy atom. The minimum atomic E-state index is -3.78. The van der Waals surface area contributed by atoms with Crippen LogP contribution in [0.2, 0.25) is 10.0 Å². The summed E-state index contributed by atoms with van der Waals surface area (Å²) in [4.78, 5) is 14.8. The molecule has 3 fully saturated rings. The average Bonchev–Trinajstić information content (AvgIpc) is 3.68. The molecule has 1 aliphatic heterocycles. The highest BCUT2D eigenvalue weighted by atomic mass is 35.5. The standard InChI is InChI=1S/C30H37Cl2FN2O4S/c1-3-28(21-10-23(31)13-24(32)11-21)35-8-6-30(7-9-35)15-19(16-30)17-39-18-22-12-27(33)26(14-25(22)20-4-5-20)29(36)34-40(2,37)38/h10-14,19-20,28H,3-9,15-18H2,1-2H3,(H,34,36). The normalized spacial score (nSPS) is 20.3. The number of likely N-dealkylation sites (tertiary alicyclic amines) is 1. The lowest BCUT2D eigenvalue weighted by atomic mass is 9.57. The molecule has 0 aromatic heterocycles. The molecule has 2 saturated carbocycles. The van der Waals surface area contributed by atoms with Gasteiger partial charge in [0.05, 0.1) is 18.4 Å². The lowest BCUT2D eigenvalue weighted by Crippen LogP contribution is -2.48. The molecule has 1 heterocycles. The van der Waals surface area contributed by atoms with Crippen molar-refractivity contribution >= 4 is 39.1 Å². The van der Waals surface area contributed by atoms with Crippen LogP contribution >= 0.6 is 23.2 Å². The molecule has 10 heteroatoms. The molecule has 2 aromatic carbocycles. The number of carbonyl (C=O) groups is 1. The van der Waals surface area contributed by atoms with Crippen LogP contribution in [0.5, 0.6) is 0 Å². The smallest absolute Gasteiger partial charge is 0.267 e. The number of hydrogen-bond acceptors (Lipinski definition) is 5. The van der Waals surface area contributed by atoms with E-state index in [4.69, 9.17) is 27.9 Å². The van der Waals surface area contributed by atoms with Gasteiger partial charge in [-0.15, -0.1) is 0 Å². The number of piperidine rings is 1. The number of carbonyl (C=O) groups excluding carboxylic acids is 1. The lowest BCUT2D eigenvalue weighted by Gasteiger charge is -2.53. The first-order valence-corrected chi connectivity index (χ1v) is 16.7. The monoisotopic (exact) mass is 610 g/mol. The van der Waals surface area contributed by atoms with E-state index in [-0.39, 0.29) is 18.1 Å². The van der Waals surface area contributed by atoms with Crippen LogP contribution in [-0.4, -0.2) is 45.2 Å². The van der Waals surface area contributed by atoms with Gasteiger partial charge in [-0.25, -0.2) is 17.5 Å². The largest absolute Gasteiger partial charge is 0.376 e. The summed E-state index contributed by atoms with van der Waals surface area (Å²) in [5.41, 5.74) is 2.94. The van der Waals surface area contributed by atoms with Crippen LogP contribution in [0.15, 0.2) is 30.3 Å². The molecule has 0 bridgehead atoms. The van der Waals surface area contributed by atoms with Gasteiger partial charge in [-0.3, -0.25) is 9.69 Å². The van der Waals surface area contributed by atoms with E-state index >= 15 is 0 Å². The molecule has 1 spiro atoms. The third-order valence-corrected chi connectivity index (χ3v) is 9.77. The first-order chi connectivity index (χ1) is 18.9. The van der Waals surface area contributed by atoms with Crippen LogP contribution in [0.4, 0.5) is 4.39 Å². The van der Waals surface area contributed by atoms with Crippen LogP contribution in [0.25, 0.3) is 0 Å². The maximum absolute atomic E-state index is 14.8. The third-order valence-electron chi connectivity index (χ3n) is 8.78. The number of benzene rings is 2. The second-order valence-corrected chi connectivity index (χ2v) is 14.6. The maximum atomic E-state index is 14.8. The van der Waals surface area contributed by atoms with E-state index in [1.807, 2.05) is 16.9 Å². The number of nitrogens with one attached hydrogen (secondary N) is 1. The quantitative estimate of drug-likeness (QED) is 0.318. The Labute approximate surface area is 246 Å². The molecule has 5 rings (SSSR count). The van der Waals surface area contributed by atoms with Gasteiger partial charge in [0, 0.05) is 22.7 Å². The van der Waals surface area contributed by atoms with Crippen molar-refractivity contribution in [1.29, 1.82) is 0 Å². The van der Waals surface area contributed by atoms with Crippen molar-refractivity contribution in [3.8, 4) is 0 Å². The van der Waals surface area contributed by atoms with Crippen LogP contribution in [0.1, 0.15) is 90.9 Å². The summed E-state index contributed by atoms with van der Waals surface area (Å²) in [5, 5.41) is 1.35. The zero-order chi connectivity index (χ0) is 28.7. The fourth-order valence-corrected chi connectivity index (χ4v) is 7.73. The van der Waals surface area contributed by atoms with E-state index in [1.54, 1.807) is 6.07 Å². The van der Waals surface area contributed by atoms with Crippen molar-refractivity contribution in [1.82, 2.24) is 9.62 Å². The Morgan fingerprint density at radius 3 is 2.35 bits per heavy atom. The Kier molecular flexibility index (Phi) is 8.84. The van der Waals surface area contributed by atoms with Crippen LogP contribution in [0, 0.1) is 17.2 Å². The Balaban J connectivity index is 1.12. The zero-order valence-electron chi connectivity index (χ0n) is 23.0. The molecule has 1 unspecified atom stereocenters. The molecule has 2 aromatic rings. The zero-order valence-corrected chi connectivity index (χ0v) is 25.3. The topological polar surface area (TPSA) is 75.7 Å². The summed E-state index contributed by atoms with van der Waals surface area (Å²) < 4.78 is 45.6. The number of halogens is 3. The number of hydrogen-bond donors (Lipinski definition) is 1. The molecule has 0 radical (unpaired) electrons. The van der Waals surface area contributed by atoms with Crippen LogP contribution < -0.4 is 4.72 Å². The van der Waals surface area contributed by atoms with Gasteiger partial charge >= 0.3 is 0 Å². The van der Waals surface area contributed by atoms with Crippen LogP contribution in [-0.2, 0) is 21.4 Å². The van der Waals surface area contributed by atoms with E-state index < -0.39 is 21.7 Å². The highest BCUT2D eigenvalue weighted by Gasteiger charge is 2.46. The van der Waals surface area contributed by atoms with E-state index in [2.05, 4.69) is 11.8 Å².